The van der Waals surface area contributed by atoms with Crippen LogP contribution in [0.15, 0.2) is 0 Å². The van der Waals surface area contributed by atoms with Crippen LogP contribution in [-0.4, -0.2) is 13.7 Å². The molecule has 2 heteroatoms. The van der Waals surface area contributed by atoms with Crippen LogP contribution in [0.5, 0.6) is 0 Å². The molecule has 0 aliphatic heterocycles. The van der Waals surface area contributed by atoms with Crippen LogP contribution >= 0.6 is 17.0 Å². The monoisotopic (exact) mass is 140 g/mol. The number of hydrogen-bond acceptors (Lipinski definition) is 1. The smallest absolute Gasteiger partial charge is 0.0433 e. The van der Waals surface area contributed by atoms with Crippen LogP contribution in [-0.2, 0) is 4.74 Å². The summed E-state index contributed by atoms with van der Waals surface area (Å²) in [6, 6.07) is 0. The van der Waals surface area contributed by atoms with E-state index in [9.17, 15) is 0 Å². The van der Waals surface area contributed by atoms with Crippen molar-refractivity contribution in [3.05, 3.63) is 0 Å². The summed E-state index contributed by atoms with van der Waals surface area (Å²) in [6.07, 6.45) is 0. The highest BCUT2D eigenvalue weighted by atomic mass is 79.9. The third kappa shape index (κ3) is 12.7. The largest absolute Gasteiger partial charge is 0.385 e. The highest BCUT2D eigenvalue weighted by molar-refractivity contribution is 8.93. The van der Waals surface area contributed by atoms with Gasteiger partial charge in [-0.15, -0.1) is 17.0 Å². The van der Waals surface area contributed by atoms with Crippen molar-refractivity contribution in [2.24, 2.45) is 0 Å². The number of methoxy groups -OCH3 is 1. The first-order valence-corrected chi connectivity index (χ1v) is 1.40. The molecule has 0 fully saturated rings. The average Bonchev–Trinajstić information content (AvgIpc) is 1.37. The molecule has 0 atom stereocenters. The van der Waals surface area contributed by atoms with Crippen molar-refractivity contribution in [1.29, 1.82) is 0 Å². The second-order valence-corrected chi connectivity index (χ2v) is 0.577. The molecule has 1 nitrogen and oxygen atoms in total. The summed E-state index contributed by atoms with van der Waals surface area (Å²) in [6.45, 7) is 2.78. The lowest BCUT2D eigenvalue weighted by Gasteiger charge is -1.76. The maximum atomic E-state index is 4.54. The predicted molar refractivity (Wildman–Crippen MR) is 27.9 cm³/mol. The van der Waals surface area contributed by atoms with Gasteiger partial charge in [-0.05, 0) is 6.92 Å². The minimum atomic E-state index is 0. The van der Waals surface area contributed by atoms with Crippen molar-refractivity contribution in [3.8, 4) is 0 Å². The Hall–Kier alpha value is 0.440. The lowest BCUT2D eigenvalue weighted by Crippen LogP contribution is -1.73. The predicted octanol–water partition coefficient (Wildman–Crippen LogP) is 1.23. The van der Waals surface area contributed by atoms with E-state index in [4.69, 9.17) is 0 Å². The Morgan fingerprint density at radius 3 is 1.80 bits per heavy atom. The highest BCUT2D eigenvalue weighted by Gasteiger charge is 1.51. The first-order valence-electron chi connectivity index (χ1n) is 1.40. The van der Waals surface area contributed by atoms with E-state index in [1.54, 1.807) is 7.11 Å². The summed E-state index contributed by atoms with van der Waals surface area (Å²) in [5.41, 5.74) is 0. The van der Waals surface area contributed by atoms with Gasteiger partial charge in [0.05, 0.1) is 0 Å². The third-order valence-electron chi connectivity index (χ3n) is 0.289. The summed E-state index contributed by atoms with van der Waals surface area (Å²) in [7, 11) is 1.68. The molecule has 0 radical (unpaired) electrons. The molecule has 0 spiro atoms. The normalized spacial score (nSPS) is 6.00. The van der Waals surface area contributed by atoms with Gasteiger partial charge < -0.3 is 4.74 Å². The molecule has 5 heavy (non-hydrogen) atoms. The molecule has 0 amide bonds. The minimum absolute atomic E-state index is 0. The fraction of sp³-hybridized carbons (Fsp3) is 1.00. The highest BCUT2D eigenvalue weighted by Crippen LogP contribution is 1.52. The van der Waals surface area contributed by atoms with Crippen LogP contribution in [0.3, 0.4) is 0 Å². The van der Waals surface area contributed by atoms with Crippen LogP contribution in [0.4, 0.5) is 0 Å². The van der Waals surface area contributed by atoms with Gasteiger partial charge in [0.1, 0.15) is 0 Å². The second-order valence-electron chi connectivity index (χ2n) is 0.577. The molecule has 0 unspecified atom stereocenters. The number of hydrogen-bond donors (Lipinski definition) is 0. The van der Waals surface area contributed by atoms with Crippen LogP contribution in [0.25, 0.3) is 0 Å². The average molecular weight is 141 g/mol. The fourth-order valence-electron chi connectivity index (χ4n) is 0. The topological polar surface area (TPSA) is 9.23 Å². The van der Waals surface area contributed by atoms with Crippen molar-refractivity contribution < 1.29 is 4.74 Å². The molecular weight excluding hydrogens is 132 g/mol. The zero-order valence-electron chi connectivity index (χ0n) is 3.52. The van der Waals surface area contributed by atoms with E-state index in [0.717, 1.165) is 6.61 Å². The van der Waals surface area contributed by atoms with Gasteiger partial charge in [0, 0.05) is 13.7 Å². The summed E-state index contributed by atoms with van der Waals surface area (Å²) in [5, 5.41) is 0. The Morgan fingerprint density at radius 2 is 1.80 bits per heavy atom. The SMILES string of the molecule is Br.CCOC. The molecular formula is C3H9BrO. The van der Waals surface area contributed by atoms with E-state index in [2.05, 4.69) is 4.74 Å². The molecule has 0 aliphatic carbocycles. The summed E-state index contributed by atoms with van der Waals surface area (Å²) in [5.74, 6) is 0. The van der Waals surface area contributed by atoms with Crippen molar-refractivity contribution in [1.82, 2.24) is 0 Å². The molecule has 0 aromatic carbocycles. The van der Waals surface area contributed by atoms with E-state index >= 15 is 0 Å². The van der Waals surface area contributed by atoms with Gasteiger partial charge in [-0.1, -0.05) is 0 Å². The number of halogens is 1. The van der Waals surface area contributed by atoms with Crippen LogP contribution in [0.2, 0.25) is 0 Å². The Morgan fingerprint density at radius 1 is 1.60 bits per heavy atom. The minimum Gasteiger partial charge on any atom is -0.385 e. The van der Waals surface area contributed by atoms with Crippen LogP contribution in [0.1, 0.15) is 6.92 Å². The summed E-state index contributed by atoms with van der Waals surface area (Å²) in [4.78, 5) is 0. The van der Waals surface area contributed by atoms with E-state index in [1.807, 2.05) is 6.92 Å². The first kappa shape index (κ1) is 9.06. The van der Waals surface area contributed by atoms with E-state index < -0.39 is 0 Å². The molecule has 0 heterocycles. The Balaban J connectivity index is 0. The maximum Gasteiger partial charge on any atom is 0.0433 e. The summed E-state index contributed by atoms with van der Waals surface area (Å²) < 4.78 is 4.54. The maximum absolute atomic E-state index is 4.54. The Bertz CT molecular complexity index is 8.85. The molecule has 0 saturated carbocycles. The Kier molecular flexibility index (Phi) is 16.0. The standard InChI is InChI=1S/C3H8O.BrH/c1-3-4-2;/h3H2,1-2H3;1H. The molecule has 0 aliphatic rings. The van der Waals surface area contributed by atoms with Crippen molar-refractivity contribution >= 4 is 17.0 Å². The molecule has 0 bridgehead atoms. The lowest BCUT2D eigenvalue weighted by atomic mass is 10.9. The van der Waals surface area contributed by atoms with Gasteiger partial charge in [-0.3, -0.25) is 0 Å². The first-order chi connectivity index (χ1) is 1.91. The molecule has 34 valence electrons. The molecule has 0 saturated heterocycles. The van der Waals surface area contributed by atoms with Gasteiger partial charge in [0.25, 0.3) is 0 Å². The molecule has 0 aromatic rings. The van der Waals surface area contributed by atoms with Gasteiger partial charge in [-0.25, -0.2) is 0 Å². The lowest BCUT2D eigenvalue weighted by molar-refractivity contribution is 0.215. The molecule has 0 rings (SSSR count). The van der Waals surface area contributed by atoms with Gasteiger partial charge in [-0.2, -0.15) is 0 Å². The van der Waals surface area contributed by atoms with E-state index in [1.165, 1.54) is 0 Å². The number of ether oxygens (including phenoxy) is 1. The van der Waals surface area contributed by atoms with Crippen LogP contribution < -0.4 is 0 Å². The summed E-state index contributed by atoms with van der Waals surface area (Å²) >= 11 is 0. The molecule has 0 aromatic heterocycles. The third-order valence-corrected chi connectivity index (χ3v) is 0.289. The van der Waals surface area contributed by atoms with E-state index in [-0.39, 0.29) is 17.0 Å². The van der Waals surface area contributed by atoms with Crippen molar-refractivity contribution in [2.75, 3.05) is 13.7 Å². The molecule has 0 N–H and O–H groups in total. The van der Waals surface area contributed by atoms with Crippen molar-refractivity contribution in [3.63, 3.8) is 0 Å². The Labute approximate surface area is 43.1 Å². The van der Waals surface area contributed by atoms with Crippen LogP contribution in [0, 0.1) is 0 Å². The zero-order valence-corrected chi connectivity index (χ0v) is 5.24. The quantitative estimate of drug-likeness (QED) is 0.533. The second kappa shape index (κ2) is 8.83. The van der Waals surface area contributed by atoms with Gasteiger partial charge >= 0.3 is 0 Å². The van der Waals surface area contributed by atoms with Gasteiger partial charge in [0.15, 0.2) is 0 Å². The van der Waals surface area contributed by atoms with Gasteiger partial charge in [0.2, 0.25) is 0 Å². The van der Waals surface area contributed by atoms with E-state index in [0.29, 0.717) is 0 Å². The number of rotatable bonds is 1. The fourth-order valence-corrected chi connectivity index (χ4v) is 0. The zero-order chi connectivity index (χ0) is 3.41. The van der Waals surface area contributed by atoms with Crippen molar-refractivity contribution in [2.45, 2.75) is 6.92 Å².